The molecule has 130 valence electrons. The second-order valence-corrected chi connectivity index (χ2v) is 8.95. The number of hydrogen-bond donors (Lipinski definition) is 1. The van der Waals surface area contributed by atoms with Gasteiger partial charge in [-0.1, -0.05) is 52.6 Å². The third-order valence-electron chi connectivity index (χ3n) is 3.09. The van der Waals surface area contributed by atoms with Crippen LogP contribution in [0.3, 0.4) is 0 Å². The topological polar surface area (TPSA) is 108 Å². The molecular formula is C15H15N5O2S3. The lowest BCUT2D eigenvalue weighted by molar-refractivity contribution is -0.115. The zero-order chi connectivity index (χ0) is 17.8. The van der Waals surface area contributed by atoms with Gasteiger partial charge in [0.25, 0.3) is 0 Å². The maximum Gasteiger partial charge on any atom is 0.247 e. The van der Waals surface area contributed by atoms with E-state index in [-0.39, 0.29) is 16.9 Å². The van der Waals surface area contributed by atoms with Gasteiger partial charge in [-0.2, -0.15) is 0 Å². The molecule has 2 heterocycles. The van der Waals surface area contributed by atoms with Crippen molar-refractivity contribution in [3.63, 3.8) is 0 Å². The van der Waals surface area contributed by atoms with E-state index in [9.17, 15) is 4.79 Å². The number of nitrogens with zero attached hydrogens (tertiary/aromatic N) is 4. The fourth-order valence-electron chi connectivity index (χ4n) is 1.85. The number of thioether (sulfide) groups is 2. The normalized spacial score (nSPS) is 12.2. The molecule has 1 amide bonds. The van der Waals surface area contributed by atoms with E-state index >= 15 is 0 Å². The van der Waals surface area contributed by atoms with E-state index in [0.717, 1.165) is 9.90 Å². The Kier molecular flexibility index (Phi) is 5.71. The van der Waals surface area contributed by atoms with E-state index in [2.05, 4.69) is 20.4 Å². The van der Waals surface area contributed by atoms with Crippen LogP contribution in [0, 0.1) is 6.92 Å². The third-order valence-corrected chi connectivity index (χ3v) is 6.34. The first kappa shape index (κ1) is 17.9. The Labute approximate surface area is 156 Å². The Bertz CT molecular complexity index is 862. The number of carbonyl (C=O) groups is 1. The molecule has 0 aliphatic heterocycles. The SMILES string of the molecule is Cc1ccc(-c2nnc([C@H](C)Sc3nnc(SCC(N)=O)s3)o2)cc1. The number of aryl methyl sites for hydroxylation is 1. The van der Waals surface area contributed by atoms with Crippen LogP contribution in [0.4, 0.5) is 0 Å². The highest BCUT2D eigenvalue weighted by atomic mass is 32.2. The first-order valence-corrected chi connectivity index (χ1v) is 10.0. The summed E-state index contributed by atoms with van der Waals surface area (Å²) in [5, 5.41) is 16.3. The van der Waals surface area contributed by atoms with E-state index < -0.39 is 0 Å². The van der Waals surface area contributed by atoms with Crippen LogP contribution in [0.5, 0.6) is 0 Å². The molecular weight excluding hydrogens is 378 g/mol. The van der Waals surface area contributed by atoms with Crippen LogP contribution in [0.15, 0.2) is 37.4 Å². The molecule has 0 fully saturated rings. The molecule has 0 radical (unpaired) electrons. The van der Waals surface area contributed by atoms with Gasteiger partial charge in [0.05, 0.1) is 11.0 Å². The zero-order valence-corrected chi connectivity index (χ0v) is 16.0. The molecule has 0 aliphatic rings. The highest BCUT2D eigenvalue weighted by Crippen LogP contribution is 2.38. The highest BCUT2D eigenvalue weighted by Gasteiger charge is 2.18. The molecule has 0 bridgehead atoms. The smallest absolute Gasteiger partial charge is 0.247 e. The summed E-state index contributed by atoms with van der Waals surface area (Å²) >= 11 is 4.17. The molecule has 0 spiro atoms. The summed E-state index contributed by atoms with van der Waals surface area (Å²) in [5.74, 6) is 0.843. The van der Waals surface area contributed by atoms with Gasteiger partial charge < -0.3 is 10.2 Å². The van der Waals surface area contributed by atoms with Crippen molar-refractivity contribution in [2.75, 3.05) is 5.75 Å². The summed E-state index contributed by atoms with van der Waals surface area (Å²) in [6, 6.07) is 7.92. The van der Waals surface area contributed by atoms with Crippen molar-refractivity contribution in [1.82, 2.24) is 20.4 Å². The van der Waals surface area contributed by atoms with E-state index in [0.29, 0.717) is 16.1 Å². The number of hydrogen-bond acceptors (Lipinski definition) is 9. The molecule has 2 aromatic heterocycles. The van der Waals surface area contributed by atoms with Crippen molar-refractivity contribution in [2.45, 2.75) is 27.8 Å². The van der Waals surface area contributed by atoms with Crippen LogP contribution < -0.4 is 5.73 Å². The van der Waals surface area contributed by atoms with Gasteiger partial charge in [-0.3, -0.25) is 4.79 Å². The third kappa shape index (κ3) is 4.80. The number of carbonyl (C=O) groups excluding carboxylic acids is 1. The minimum atomic E-state index is -0.378. The number of amides is 1. The fraction of sp³-hybridized carbons (Fsp3) is 0.267. The van der Waals surface area contributed by atoms with Gasteiger partial charge in [0.2, 0.25) is 17.7 Å². The Morgan fingerprint density at radius 1 is 1.20 bits per heavy atom. The Morgan fingerprint density at radius 2 is 1.92 bits per heavy atom. The second kappa shape index (κ2) is 7.98. The first-order chi connectivity index (χ1) is 12.0. The second-order valence-electron chi connectivity index (χ2n) is 5.16. The standard InChI is InChI=1S/C15H15N5O2S3/c1-8-3-5-10(6-4-8)13-18-17-12(22-13)9(2)24-15-20-19-14(25-15)23-7-11(16)21/h3-6,9H,7H2,1-2H3,(H2,16,21)/t9-/m0/s1. The van der Waals surface area contributed by atoms with E-state index in [1.54, 1.807) is 0 Å². The van der Waals surface area contributed by atoms with Crippen LogP contribution in [-0.2, 0) is 4.79 Å². The van der Waals surface area contributed by atoms with E-state index in [1.807, 2.05) is 38.1 Å². The summed E-state index contributed by atoms with van der Waals surface area (Å²) in [5.41, 5.74) is 7.19. The molecule has 2 N–H and O–H groups in total. The van der Waals surface area contributed by atoms with E-state index in [4.69, 9.17) is 10.2 Å². The molecule has 3 rings (SSSR count). The van der Waals surface area contributed by atoms with Crippen molar-refractivity contribution in [3.8, 4) is 11.5 Å². The summed E-state index contributed by atoms with van der Waals surface area (Å²) < 4.78 is 7.26. The minimum Gasteiger partial charge on any atom is -0.419 e. The lowest BCUT2D eigenvalue weighted by atomic mass is 10.1. The van der Waals surface area contributed by atoms with Gasteiger partial charge in [0.1, 0.15) is 0 Å². The van der Waals surface area contributed by atoms with Gasteiger partial charge in [0.15, 0.2) is 8.68 Å². The quantitative estimate of drug-likeness (QED) is 0.609. The van der Waals surface area contributed by atoms with Crippen LogP contribution in [0.25, 0.3) is 11.5 Å². The average molecular weight is 394 g/mol. The Morgan fingerprint density at radius 3 is 2.64 bits per heavy atom. The molecule has 3 aromatic rings. The van der Waals surface area contributed by atoms with Crippen molar-refractivity contribution in [2.24, 2.45) is 5.73 Å². The number of nitrogens with two attached hydrogens (primary N) is 1. The van der Waals surface area contributed by atoms with Gasteiger partial charge in [-0.15, -0.1) is 20.4 Å². The monoisotopic (exact) mass is 393 g/mol. The molecule has 0 aliphatic carbocycles. The molecule has 7 nitrogen and oxygen atoms in total. The maximum absolute atomic E-state index is 10.8. The van der Waals surface area contributed by atoms with Crippen molar-refractivity contribution in [1.29, 1.82) is 0 Å². The number of aromatic nitrogens is 4. The fourth-order valence-corrected chi connectivity index (χ4v) is 4.78. The van der Waals surface area contributed by atoms with Crippen LogP contribution >= 0.6 is 34.9 Å². The molecule has 0 unspecified atom stereocenters. The Hall–Kier alpha value is -1.91. The predicted octanol–water partition coefficient (Wildman–Crippen LogP) is 3.33. The zero-order valence-electron chi connectivity index (χ0n) is 13.5. The lowest BCUT2D eigenvalue weighted by Gasteiger charge is -2.02. The van der Waals surface area contributed by atoms with Crippen molar-refractivity contribution in [3.05, 3.63) is 35.7 Å². The van der Waals surface area contributed by atoms with Crippen LogP contribution in [0.1, 0.15) is 23.6 Å². The van der Waals surface area contributed by atoms with Crippen LogP contribution in [0.2, 0.25) is 0 Å². The summed E-state index contributed by atoms with van der Waals surface area (Å²) in [6.07, 6.45) is 0. The molecule has 1 aromatic carbocycles. The van der Waals surface area contributed by atoms with E-state index in [1.165, 1.54) is 40.4 Å². The summed E-state index contributed by atoms with van der Waals surface area (Å²) in [6.45, 7) is 3.99. The number of primary amides is 1. The Balaban J connectivity index is 1.64. The molecule has 10 heteroatoms. The van der Waals surface area contributed by atoms with Gasteiger partial charge >= 0.3 is 0 Å². The maximum atomic E-state index is 10.8. The minimum absolute atomic E-state index is 0.0614. The summed E-state index contributed by atoms with van der Waals surface area (Å²) in [7, 11) is 0. The summed E-state index contributed by atoms with van der Waals surface area (Å²) in [4.78, 5) is 10.8. The van der Waals surface area contributed by atoms with Gasteiger partial charge in [0, 0.05) is 5.56 Å². The molecule has 25 heavy (non-hydrogen) atoms. The highest BCUT2D eigenvalue weighted by molar-refractivity contribution is 8.03. The van der Waals surface area contributed by atoms with Gasteiger partial charge in [-0.05, 0) is 26.0 Å². The molecule has 0 saturated heterocycles. The lowest BCUT2D eigenvalue weighted by Crippen LogP contribution is -2.12. The van der Waals surface area contributed by atoms with Crippen molar-refractivity contribution < 1.29 is 9.21 Å². The molecule has 1 atom stereocenters. The average Bonchev–Trinajstić information content (AvgIpc) is 3.23. The first-order valence-electron chi connectivity index (χ1n) is 7.33. The van der Waals surface area contributed by atoms with Crippen molar-refractivity contribution >= 4 is 40.8 Å². The molecule has 0 saturated carbocycles. The number of rotatable bonds is 7. The largest absolute Gasteiger partial charge is 0.419 e. The predicted molar refractivity (Wildman–Crippen MR) is 98.6 cm³/mol. The van der Waals surface area contributed by atoms with Crippen LogP contribution in [-0.4, -0.2) is 32.1 Å². The van der Waals surface area contributed by atoms with Gasteiger partial charge in [-0.25, -0.2) is 0 Å². The number of benzene rings is 1.